The lowest BCUT2D eigenvalue weighted by atomic mass is 10.1. The van der Waals surface area contributed by atoms with Crippen LogP contribution in [0.1, 0.15) is 48.5 Å². The molecule has 0 aliphatic rings. The predicted molar refractivity (Wildman–Crippen MR) is 88.8 cm³/mol. The van der Waals surface area contributed by atoms with Gasteiger partial charge in [-0.05, 0) is 38.3 Å². The minimum absolute atomic E-state index is 0.115. The number of benzene rings is 1. The lowest BCUT2D eigenvalue weighted by Gasteiger charge is -2.14. The van der Waals surface area contributed by atoms with Crippen molar-refractivity contribution in [3.8, 4) is 0 Å². The van der Waals surface area contributed by atoms with Crippen molar-refractivity contribution in [2.45, 2.75) is 45.6 Å². The monoisotopic (exact) mass is 319 g/mol. The maximum Gasteiger partial charge on any atom is 0.251 e. The van der Waals surface area contributed by atoms with E-state index in [2.05, 4.69) is 10.6 Å². The summed E-state index contributed by atoms with van der Waals surface area (Å²) in [7, 11) is 0. The summed E-state index contributed by atoms with van der Waals surface area (Å²) >= 11 is 0. The molecule has 23 heavy (non-hydrogen) atoms. The van der Waals surface area contributed by atoms with E-state index in [9.17, 15) is 14.4 Å². The molecule has 4 N–H and O–H groups in total. The Labute approximate surface area is 136 Å². The number of unbranched alkanes of at least 4 members (excludes halogenated alkanes) is 1. The Morgan fingerprint density at radius 2 is 1.78 bits per heavy atom. The van der Waals surface area contributed by atoms with E-state index in [-0.39, 0.29) is 11.8 Å². The van der Waals surface area contributed by atoms with Crippen molar-refractivity contribution in [3.63, 3.8) is 0 Å². The molecule has 0 spiro atoms. The van der Waals surface area contributed by atoms with Crippen molar-refractivity contribution in [2.75, 3.05) is 6.54 Å². The summed E-state index contributed by atoms with van der Waals surface area (Å²) < 4.78 is 0. The van der Waals surface area contributed by atoms with E-state index < -0.39 is 11.9 Å². The van der Waals surface area contributed by atoms with Crippen molar-refractivity contribution in [3.05, 3.63) is 35.4 Å². The summed E-state index contributed by atoms with van der Waals surface area (Å²) in [6.45, 7) is 4.20. The van der Waals surface area contributed by atoms with E-state index in [1.807, 2.05) is 19.1 Å². The highest BCUT2D eigenvalue weighted by Crippen LogP contribution is 2.04. The number of nitrogens with two attached hydrogens (primary N) is 1. The third-order valence-electron chi connectivity index (χ3n) is 3.52. The van der Waals surface area contributed by atoms with Crippen LogP contribution < -0.4 is 16.4 Å². The van der Waals surface area contributed by atoms with Crippen molar-refractivity contribution in [1.29, 1.82) is 0 Å². The van der Waals surface area contributed by atoms with E-state index in [1.54, 1.807) is 19.1 Å². The number of primary amides is 1. The molecule has 1 aromatic carbocycles. The average molecular weight is 319 g/mol. The second-order valence-corrected chi connectivity index (χ2v) is 5.49. The first-order chi connectivity index (χ1) is 10.9. The molecule has 1 atom stereocenters. The molecule has 0 radical (unpaired) electrons. The number of carbonyl (C=O) groups is 3. The molecule has 0 aromatic heterocycles. The summed E-state index contributed by atoms with van der Waals surface area (Å²) in [4.78, 5) is 34.5. The first-order valence-corrected chi connectivity index (χ1v) is 7.87. The molecule has 0 saturated carbocycles. The largest absolute Gasteiger partial charge is 0.368 e. The topological polar surface area (TPSA) is 101 Å². The quantitative estimate of drug-likeness (QED) is 0.597. The van der Waals surface area contributed by atoms with Crippen molar-refractivity contribution in [1.82, 2.24) is 10.6 Å². The van der Waals surface area contributed by atoms with Crippen LogP contribution in [0.25, 0.3) is 0 Å². The number of hydrogen-bond acceptors (Lipinski definition) is 3. The third kappa shape index (κ3) is 6.95. The van der Waals surface area contributed by atoms with Crippen LogP contribution in [0.2, 0.25) is 0 Å². The molecular weight excluding hydrogens is 294 g/mol. The second-order valence-electron chi connectivity index (χ2n) is 5.49. The molecule has 0 saturated heterocycles. The van der Waals surface area contributed by atoms with Gasteiger partial charge in [-0.25, -0.2) is 0 Å². The van der Waals surface area contributed by atoms with E-state index in [0.717, 1.165) is 5.56 Å². The molecule has 6 heteroatoms. The van der Waals surface area contributed by atoms with Crippen LogP contribution in [0, 0.1) is 6.92 Å². The van der Waals surface area contributed by atoms with Gasteiger partial charge in [-0.2, -0.15) is 0 Å². The number of rotatable bonds is 9. The number of hydrogen-bond donors (Lipinski definition) is 3. The number of amides is 3. The lowest BCUT2D eigenvalue weighted by molar-refractivity contribution is -0.127. The maximum absolute atomic E-state index is 11.9. The second kappa shape index (κ2) is 9.61. The summed E-state index contributed by atoms with van der Waals surface area (Å²) in [6.07, 6.45) is 2.19. The van der Waals surface area contributed by atoms with Gasteiger partial charge in [0.25, 0.3) is 5.91 Å². The van der Waals surface area contributed by atoms with Gasteiger partial charge in [0.2, 0.25) is 11.8 Å². The van der Waals surface area contributed by atoms with Gasteiger partial charge >= 0.3 is 0 Å². The SMILES string of the molecule is CCC(=O)N[C@@H](CCCCNC(=O)c1ccc(C)cc1)C(N)=O. The van der Waals surface area contributed by atoms with Crippen LogP contribution in [-0.4, -0.2) is 30.3 Å². The average Bonchev–Trinajstić information content (AvgIpc) is 2.53. The normalized spacial score (nSPS) is 11.6. The molecule has 0 fully saturated rings. The number of nitrogens with one attached hydrogen (secondary N) is 2. The van der Waals surface area contributed by atoms with Gasteiger partial charge in [-0.3, -0.25) is 14.4 Å². The molecule has 1 rings (SSSR count). The van der Waals surface area contributed by atoms with Gasteiger partial charge < -0.3 is 16.4 Å². The highest BCUT2D eigenvalue weighted by Gasteiger charge is 2.16. The van der Waals surface area contributed by atoms with E-state index >= 15 is 0 Å². The van der Waals surface area contributed by atoms with Crippen LogP contribution in [0.15, 0.2) is 24.3 Å². The minimum atomic E-state index is -0.643. The Bertz CT molecular complexity index is 541. The zero-order valence-electron chi connectivity index (χ0n) is 13.7. The van der Waals surface area contributed by atoms with Gasteiger partial charge in [-0.1, -0.05) is 24.6 Å². The Balaban J connectivity index is 2.28. The smallest absolute Gasteiger partial charge is 0.251 e. The fraction of sp³-hybridized carbons (Fsp3) is 0.471. The molecule has 0 aliphatic heterocycles. The Kier molecular flexibility index (Phi) is 7.80. The molecule has 3 amide bonds. The molecule has 6 nitrogen and oxygen atoms in total. The van der Waals surface area contributed by atoms with Crippen LogP contribution in [0.3, 0.4) is 0 Å². The molecule has 0 aliphatic carbocycles. The highest BCUT2D eigenvalue weighted by molar-refractivity contribution is 5.94. The van der Waals surface area contributed by atoms with Crippen LogP contribution in [-0.2, 0) is 9.59 Å². The first-order valence-electron chi connectivity index (χ1n) is 7.87. The molecule has 1 aromatic rings. The highest BCUT2D eigenvalue weighted by atomic mass is 16.2. The fourth-order valence-corrected chi connectivity index (χ4v) is 2.06. The van der Waals surface area contributed by atoms with Gasteiger partial charge in [0.1, 0.15) is 6.04 Å². The van der Waals surface area contributed by atoms with Crippen LogP contribution >= 0.6 is 0 Å². The molecule has 126 valence electrons. The zero-order valence-corrected chi connectivity index (χ0v) is 13.7. The Morgan fingerprint density at radius 3 is 2.35 bits per heavy atom. The Hall–Kier alpha value is -2.37. The predicted octanol–water partition coefficient (Wildman–Crippen LogP) is 1.28. The van der Waals surface area contributed by atoms with E-state index in [4.69, 9.17) is 5.73 Å². The number of aryl methyl sites for hydroxylation is 1. The van der Waals surface area contributed by atoms with E-state index in [0.29, 0.717) is 37.8 Å². The summed E-state index contributed by atoms with van der Waals surface area (Å²) in [5, 5.41) is 5.43. The first kappa shape index (κ1) is 18.7. The molecule has 0 bridgehead atoms. The molecular formula is C17H25N3O3. The fourth-order valence-electron chi connectivity index (χ4n) is 2.06. The summed E-state index contributed by atoms with van der Waals surface area (Å²) in [5.74, 6) is -0.840. The molecule has 0 unspecified atom stereocenters. The lowest BCUT2D eigenvalue weighted by Crippen LogP contribution is -2.44. The van der Waals surface area contributed by atoms with Crippen molar-refractivity contribution < 1.29 is 14.4 Å². The summed E-state index contributed by atoms with van der Waals surface area (Å²) in [5.41, 5.74) is 7.00. The van der Waals surface area contributed by atoms with Crippen molar-refractivity contribution in [2.24, 2.45) is 5.73 Å². The number of carbonyl (C=O) groups excluding carboxylic acids is 3. The third-order valence-corrected chi connectivity index (χ3v) is 3.52. The molecule has 0 heterocycles. The van der Waals surface area contributed by atoms with Gasteiger partial charge in [0.15, 0.2) is 0 Å². The van der Waals surface area contributed by atoms with Gasteiger partial charge in [0, 0.05) is 18.5 Å². The van der Waals surface area contributed by atoms with Crippen LogP contribution in [0.4, 0.5) is 0 Å². The zero-order chi connectivity index (χ0) is 17.2. The van der Waals surface area contributed by atoms with E-state index in [1.165, 1.54) is 0 Å². The summed E-state index contributed by atoms with van der Waals surface area (Å²) in [6, 6.07) is 6.71. The van der Waals surface area contributed by atoms with Crippen molar-refractivity contribution >= 4 is 17.7 Å². The minimum Gasteiger partial charge on any atom is -0.368 e. The maximum atomic E-state index is 11.9. The van der Waals surface area contributed by atoms with Gasteiger partial charge in [-0.15, -0.1) is 0 Å². The van der Waals surface area contributed by atoms with Gasteiger partial charge in [0.05, 0.1) is 0 Å². The Morgan fingerprint density at radius 1 is 1.13 bits per heavy atom. The standard InChI is InChI=1S/C17H25N3O3/c1-3-15(21)20-14(16(18)22)6-4-5-11-19-17(23)13-9-7-12(2)8-10-13/h7-10,14H,3-6,11H2,1-2H3,(H2,18,22)(H,19,23)(H,20,21)/t14-/m0/s1. The van der Waals surface area contributed by atoms with Crippen LogP contribution in [0.5, 0.6) is 0 Å².